The van der Waals surface area contributed by atoms with E-state index in [0.29, 0.717) is 16.7 Å². The van der Waals surface area contributed by atoms with Gasteiger partial charge in [0.05, 0.1) is 12.6 Å². The van der Waals surface area contributed by atoms with Crippen molar-refractivity contribution in [1.82, 2.24) is 16.0 Å². The zero-order valence-corrected chi connectivity index (χ0v) is 13.6. The Balaban J connectivity index is 1.59. The highest BCUT2D eigenvalue weighted by Crippen LogP contribution is 2.29. The number of rotatable bonds is 5. The Morgan fingerprint density at radius 3 is 2.83 bits per heavy atom. The number of nitrogens with one attached hydrogen (secondary N) is 3. The number of benzene rings is 1. The van der Waals surface area contributed by atoms with Crippen LogP contribution in [-0.2, 0) is 4.79 Å². The molecule has 3 rings (SSSR count). The predicted molar refractivity (Wildman–Crippen MR) is 87.0 cm³/mol. The van der Waals surface area contributed by atoms with E-state index in [1.807, 2.05) is 6.92 Å². The van der Waals surface area contributed by atoms with E-state index < -0.39 is 12.1 Å². The van der Waals surface area contributed by atoms with Gasteiger partial charge in [0.1, 0.15) is 17.2 Å². The van der Waals surface area contributed by atoms with E-state index in [9.17, 15) is 14.0 Å². The van der Waals surface area contributed by atoms with Gasteiger partial charge < -0.3 is 20.4 Å². The minimum absolute atomic E-state index is 0.0701. The normalized spacial score (nSPS) is 15.1. The van der Waals surface area contributed by atoms with Crippen molar-refractivity contribution in [2.45, 2.75) is 38.8 Å². The summed E-state index contributed by atoms with van der Waals surface area (Å²) in [5.74, 6) is 0.0295. The molecule has 0 radical (unpaired) electrons. The molecular weight excluding hydrogens is 313 g/mol. The van der Waals surface area contributed by atoms with Gasteiger partial charge in [-0.15, -0.1) is 0 Å². The molecule has 1 aromatic heterocycles. The summed E-state index contributed by atoms with van der Waals surface area (Å²) in [4.78, 5) is 23.5. The van der Waals surface area contributed by atoms with Gasteiger partial charge in [0.15, 0.2) is 0 Å². The average molecular weight is 333 g/mol. The highest BCUT2D eigenvalue weighted by atomic mass is 19.1. The van der Waals surface area contributed by atoms with Crippen LogP contribution in [0.5, 0.6) is 0 Å². The first-order valence-corrected chi connectivity index (χ1v) is 7.96. The van der Waals surface area contributed by atoms with E-state index in [1.165, 1.54) is 12.1 Å². The summed E-state index contributed by atoms with van der Waals surface area (Å²) in [5.41, 5.74) is 1.35. The van der Waals surface area contributed by atoms with Gasteiger partial charge >= 0.3 is 6.03 Å². The monoisotopic (exact) mass is 333 g/mol. The molecule has 3 N–H and O–H groups in total. The molecule has 128 valence electrons. The maximum absolute atomic E-state index is 13.3. The van der Waals surface area contributed by atoms with Crippen LogP contribution in [-0.4, -0.2) is 24.5 Å². The van der Waals surface area contributed by atoms with Gasteiger partial charge in [-0.2, -0.15) is 0 Å². The van der Waals surface area contributed by atoms with Gasteiger partial charge in [-0.1, -0.05) is 0 Å². The third kappa shape index (κ3) is 3.67. The molecule has 1 aromatic carbocycles. The van der Waals surface area contributed by atoms with Gasteiger partial charge in [0, 0.05) is 17.0 Å². The van der Waals surface area contributed by atoms with Crippen LogP contribution in [0.2, 0.25) is 0 Å². The summed E-state index contributed by atoms with van der Waals surface area (Å²) in [6, 6.07) is 3.70. The Labute approximate surface area is 138 Å². The van der Waals surface area contributed by atoms with E-state index in [2.05, 4.69) is 16.0 Å². The number of furan rings is 1. The van der Waals surface area contributed by atoms with Crippen LogP contribution in [0.1, 0.15) is 37.1 Å². The average Bonchev–Trinajstić information content (AvgIpc) is 3.28. The second kappa shape index (κ2) is 6.51. The molecule has 1 saturated carbocycles. The number of urea groups is 1. The fraction of sp³-hybridized carbons (Fsp3) is 0.412. The standard InChI is InChI=1S/C17H20FN3O3/c1-9-13-7-11(18)3-6-14(13)24-16(9)10(2)20-17(23)19-8-15(22)21-12-4-5-12/h3,6-7,10,12H,4-5,8H2,1-2H3,(H,21,22)(H2,19,20,23)/t10-/m1/s1. The summed E-state index contributed by atoms with van der Waals surface area (Å²) in [6.45, 7) is 3.52. The number of amides is 3. The Bertz CT molecular complexity index is 783. The van der Waals surface area contributed by atoms with E-state index in [0.717, 1.165) is 18.4 Å². The van der Waals surface area contributed by atoms with Crippen molar-refractivity contribution in [1.29, 1.82) is 0 Å². The molecule has 0 bridgehead atoms. The Morgan fingerprint density at radius 2 is 2.12 bits per heavy atom. The summed E-state index contributed by atoms with van der Waals surface area (Å²) in [6.07, 6.45) is 2.00. The first-order valence-electron chi connectivity index (χ1n) is 7.96. The lowest BCUT2D eigenvalue weighted by Gasteiger charge is -2.13. The molecule has 0 saturated heterocycles. The molecule has 1 fully saturated rings. The van der Waals surface area contributed by atoms with E-state index in [1.54, 1.807) is 13.0 Å². The summed E-state index contributed by atoms with van der Waals surface area (Å²) in [5, 5.41) is 8.71. The van der Waals surface area contributed by atoms with Gasteiger partial charge in [-0.3, -0.25) is 4.79 Å². The SMILES string of the molecule is Cc1c([C@@H](C)NC(=O)NCC(=O)NC2CC2)oc2ccc(F)cc12. The van der Waals surface area contributed by atoms with Gasteiger partial charge in [-0.25, -0.2) is 9.18 Å². The molecule has 1 atom stereocenters. The van der Waals surface area contributed by atoms with Gasteiger partial charge in [0.2, 0.25) is 5.91 Å². The van der Waals surface area contributed by atoms with Crippen molar-refractivity contribution in [2.24, 2.45) is 0 Å². The molecule has 1 aliphatic rings. The van der Waals surface area contributed by atoms with E-state index in [4.69, 9.17) is 4.42 Å². The maximum atomic E-state index is 13.3. The van der Waals surface area contributed by atoms with Crippen LogP contribution in [0, 0.1) is 12.7 Å². The second-order valence-corrected chi connectivity index (χ2v) is 6.12. The molecule has 6 nitrogen and oxygen atoms in total. The second-order valence-electron chi connectivity index (χ2n) is 6.12. The van der Waals surface area contributed by atoms with Crippen molar-refractivity contribution < 1.29 is 18.4 Å². The lowest BCUT2D eigenvalue weighted by Crippen LogP contribution is -2.43. The van der Waals surface area contributed by atoms with E-state index >= 15 is 0 Å². The maximum Gasteiger partial charge on any atom is 0.315 e. The van der Waals surface area contributed by atoms with Crippen molar-refractivity contribution in [3.63, 3.8) is 0 Å². The fourth-order valence-electron chi connectivity index (χ4n) is 2.61. The van der Waals surface area contributed by atoms with Crippen LogP contribution >= 0.6 is 0 Å². The molecule has 24 heavy (non-hydrogen) atoms. The molecule has 0 unspecified atom stereocenters. The Kier molecular flexibility index (Phi) is 4.42. The first kappa shape index (κ1) is 16.3. The van der Waals surface area contributed by atoms with Crippen LogP contribution in [0.4, 0.5) is 9.18 Å². The number of aryl methyl sites for hydroxylation is 1. The van der Waals surface area contributed by atoms with Crippen molar-refractivity contribution in [2.75, 3.05) is 6.54 Å². The third-order valence-corrected chi connectivity index (χ3v) is 4.03. The van der Waals surface area contributed by atoms with Crippen LogP contribution in [0.15, 0.2) is 22.6 Å². The smallest absolute Gasteiger partial charge is 0.315 e. The zero-order chi connectivity index (χ0) is 17.3. The summed E-state index contributed by atoms with van der Waals surface area (Å²) >= 11 is 0. The molecular formula is C17H20FN3O3. The molecule has 0 aliphatic heterocycles. The van der Waals surface area contributed by atoms with Crippen LogP contribution in [0.3, 0.4) is 0 Å². The molecule has 3 amide bonds. The molecule has 0 spiro atoms. The summed E-state index contributed by atoms with van der Waals surface area (Å²) < 4.78 is 19.1. The summed E-state index contributed by atoms with van der Waals surface area (Å²) in [7, 11) is 0. The lowest BCUT2D eigenvalue weighted by molar-refractivity contribution is -0.120. The van der Waals surface area contributed by atoms with Crippen LogP contribution in [0.25, 0.3) is 11.0 Å². The minimum atomic E-state index is -0.459. The fourth-order valence-corrected chi connectivity index (χ4v) is 2.61. The van der Waals surface area contributed by atoms with Crippen molar-refractivity contribution in [3.8, 4) is 0 Å². The largest absolute Gasteiger partial charge is 0.459 e. The molecule has 1 heterocycles. The minimum Gasteiger partial charge on any atom is -0.459 e. The molecule has 7 heteroatoms. The predicted octanol–water partition coefficient (Wildman–Crippen LogP) is 2.52. The zero-order valence-electron chi connectivity index (χ0n) is 13.6. The molecule has 1 aliphatic carbocycles. The highest BCUT2D eigenvalue weighted by Gasteiger charge is 2.23. The molecule has 2 aromatic rings. The van der Waals surface area contributed by atoms with Gasteiger partial charge in [0.25, 0.3) is 0 Å². The lowest BCUT2D eigenvalue weighted by atomic mass is 10.1. The van der Waals surface area contributed by atoms with Crippen LogP contribution < -0.4 is 16.0 Å². The number of hydrogen-bond donors (Lipinski definition) is 3. The van der Waals surface area contributed by atoms with E-state index in [-0.39, 0.29) is 24.3 Å². The number of carbonyl (C=O) groups is 2. The van der Waals surface area contributed by atoms with Crippen molar-refractivity contribution >= 4 is 22.9 Å². The first-order chi connectivity index (χ1) is 11.4. The Morgan fingerprint density at radius 1 is 1.38 bits per heavy atom. The Hall–Kier alpha value is -2.57. The number of halogens is 1. The van der Waals surface area contributed by atoms with Crippen molar-refractivity contribution in [3.05, 3.63) is 35.3 Å². The highest BCUT2D eigenvalue weighted by molar-refractivity contribution is 5.85. The number of carbonyl (C=O) groups excluding carboxylic acids is 2. The third-order valence-electron chi connectivity index (χ3n) is 4.03. The number of hydrogen-bond acceptors (Lipinski definition) is 3. The van der Waals surface area contributed by atoms with Gasteiger partial charge in [-0.05, 0) is 44.9 Å². The number of fused-ring (bicyclic) bond motifs is 1. The quantitative estimate of drug-likeness (QED) is 0.786. The topological polar surface area (TPSA) is 83.4 Å².